The van der Waals surface area contributed by atoms with Crippen molar-refractivity contribution in [3.05, 3.63) is 35.9 Å². The van der Waals surface area contributed by atoms with E-state index in [-0.39, 0.29) is 10.2 Å². The third-order valence-electron chi connectivity index (χ3n) is 3.53. The summed E-state index contributed by atoms with van der Waals surface area (Å²) in [5.41, 5.74) is 1.28. The number of hydrogen-bond acceptors (Lipinski definition) is 3. The van der Waals surface area contributed by atoms with Gasteiger partial charge in [-0.1, -0.05) is 51.1 Å². The lowest BCUT2D eigenvalue weighted by Gasteiger charge is -2.38. The Morgan fingerprint density at radius 3 is 2.05 bits per heavy atom. The summed E-state index contributed by atoms with van der Waals surface area (Å²) in [6.45, 7) is 9.13. The smallest absolute Gasteiger partial charge is 0.0867 e. The van der Waals surface area contributed by atoms with Crippen molar-refractivity contribution in [2.45, 2.75) is 37.9 Å². The van der Waals surface area contributed by atoms with Crippen molar-refractivity contribution in [3.63, 3.8) is 0 Å². The van der Waals surface area contributed by atoms with Crippen molar-refractivity contribution in [3.8, 4) is 0 Å². The van der Waals surface area contributed by atoms with Crippen molar-refractivity contribution >= 4 is 23.5 Å². The van der Waals surface area contributed by atoms with Gasteiger partial charge in [-0.15, -0.1) is 23.5 Å². The van der Waals surface area contributed by atoms with Gasteiger partial charge in [0.1, 0.15) is 0 Å². The van der Waals surface area contributed by atoms with E-state index in [1.54, 1.807) is 0 Å². The van der Waals surface area contributed by atoms with Crippen LogP contribution in [-0.4, -0.2) is 22.7 Å². The van der Waals surface area contributed by atoms with E-state index >= 15 is 0 Å². The van der Waals surface area contributed by atoms with E-state index < -0.39 is 0 Å². The minimum Gasteiger partial charge on any atom is -0.376 e. The standard InChI is InChI=1S/C16H26OS2/c1-6-18-16(4,19-7-2)13(3)15(17-5)14-11-9-8-10-12-14/h8-13,15H,6-7H2,1-5H3/t13-,15+/m1/s1. The van der Waals surface area contributed by atoms with Crippen LogP contribution in [0, 0.1) is 5.92 Å². The Hall–Kier alpha value is -0.120. The summed E-state index contributed by atoms with van der Waals surface area (Å²) in [5, 5.41) is 0. The van der Waals surface area contributed by atoms with Gasteiger partial charge in [-0.25, -0.2) is 0 Å². The first-order valence-corrected chi connectivity index (χ1v) is 8.91. The van der Waals surface area contributed by atoms with Crippen molar-refractivity contribution < 1.29 is 4.74 Å². The van der Waals surface area contributed by atoms with Gasteiger partial charge >= 0.3 is 0 Å². The zero-order chi connectivity index (χ0) is 14.3. The van der Waals surface area contributed by atoms with Crippen LogP contribution in [0.1, 0.15) is 39.4 Å². The molecule has 2 atom stereocenters. The molecule has 0 amide bonds. The van der Waals surface area contributed by atoms with E-state index in [4.69, 9.17) is 4.74 Å². The van der Waals surface area contributed by atoms with Crippen LogP contribution in [0.3, 0.4) is 0 Å². The average molecular weight is 299 g/mol. The minimum atomic E-state index is 0.157. The highest BCUT2D eigenvalue weighted by Gasteiger charge is 2.37. The maximum atomic E-state index is 5.81. The number of ether oxygens (including phenoxy) is 1. The predicted octanol–water partition coefficient (Wildman–Crippen LogP) is 5.23. The topological polar surface area (TPSA) is 9.23 Å². The van der Waals surface area contributed by atoms with Gasteiger partial charge in [0.2, 0.25) is 0 Å². The highest BCUT2D eigenvalue weighted by molar-refractivity contribution is 8.18. The molecule has 0 aliphatic rings. The van der Waals surface area contributed by atoms with Crippen LogP contribution in [0.5, 0.6) is 0 Å². The molecule has 1 nitrogen and oxygen atoms in total. The maximum Gasteiger partial charge on any atom is 0.0867 e. The summed E-state index contributed by atoms with van der Waals surface area (Å²) in [6.07, 6.45) is 0.157. The van der Waals surface area contributed by atoms with Crippen LogP contribution in [0.2, 0.25) is 0 Å². The fourth-order valence-electron chi connectivity index (χ4n) is 2.42. The Bertz CT molecular complexity index is 347. The van der Waals surface area contributed by atoms with Gasteiger partial charge in [0.15, 0.2) is 0 Å². The fraction of sp³-hybridized carbons (Fsp3) is 0.625. The first-order chi connectivity index (χ1) is 9.09. The molecule has 19 heavy (non-hydrogen) atoms. The normalized spacial score (nSPS) is 15.2. The predicted molar refractivity (Wildman–Crippen MR) is 90.0 cm³/mol. The molecule has 0 spiro atoms. The van der Waals surface area contributed by atoms with E-state index in [1.807, 2.05) is 30.6 Å². The first-order valence-electron chi connectivity index (χ1n) is 6.94. The molecule has 0 aliphatic heterocycles. The van der Waals surface area contributed by atoms with Gasteiger partial charge in [-0.2, -0.15) is 0 Å². The van der Waals surface area contributed by atoms with Crippen LogP contribution < -0.4 is 0 Å². The molecule has 1 rings (SSSR count). The molecule has 0 bridgehead atoms. The Kier molecular flexibility index (Phi) is 7.33. The van der Waals surface area contributed by atoms with Crippen LogP contribution in [-0.2, 0) is 4.74 Å². The molecule has 0 unspecified atom stereocenters. The van der Waals surface area contributed by atoms with Gasteiger partial charge in [-0.3, -0.25) is 0 Å². The monoisotopic (exact) mass is 298 g/mol. The first kappa shape index (κ1) is 16.9. The molecule has 0 fully saturated rings. The number of rotatable bonds is 8. The molecule has 0 aliphatic carbocycles. The lowest BCUT2D eigenvalue weighted by atomic mass is 9.94. The van der Waals surface area contributed by atoms with Crippen molar-refractivity contribution in [2.75, 3.05) is 18.6 Å². The van der Waals surface area contributed by atoms with E-state index in [0.29, 0.717) is 5.92 Å². The Balaban J connectivity index is 2.95. The van der Waals surface area contributed by atoms with E-state index in [9.17, 15) is 0 Å². The molecule has 108 valence electrons. The molecule has 3 heteroatoms. The molecule has 1 aromatic carbocycles. The number of methoxy groups -OCH3 is 1. The molecule has 0 aromatic heterocycles. The molecular formula is C16H26OS2. The van der Waals surface area contributed by atoms with Crippen LogP contribution in [0.25, 0.3) is 0 Å². The zero-order valence-corrected chi connectivity index (χ0v) is 14.3. The van der Waals surface area contributed by atoms with Gasteiger partial charge in [0, 0.05) is 13.0 Å². The molecule has 0 radical (unpaired) electrons. The summed E-state index contributed by atoms with van der Waals surface area (Å²) in [6, 6.07) is 10.6. The Morgan fingerprint density at radius 1 is 1.11 bits per heavy atom. The molecule has 1 aromatic rings. The van der Waals surface area contributed by atoms with Crippen molar-refractivity contribution in [1.82, 2.24) is 0 Å². The highest BCUT2D eigenvalue weighted by atomic mass is 32.2. The van der Waals surface area contributed by atoms with Crippen LogP contribution in [0.15, 0.2) is 30.3 Å². The summed E-state index contributed by atoms with van der Waals surface area (Å²) in [5.74, 6) is 2.73. The summed E-state index contributed by atoms with van der Waals surface area (Å²) < 4.78 is 6.00. The van der Waals surface area contributed by atoms with E-state index in [0.717, 1.165) is 11.5 Å². The van der Waals surface area contributed by atoms with Gasteiger partial charge in [0.05, 0.1) is 10.2 Å². The third-order valence-corrected chi connectivity index (χ3v) is 6.70. The second-order valence-electron chi connectivity index (χ2n) is 4.74. The fourth-order valence-corrected chi connectivity index (χ4v) is 5.38. The molecule has 0 heterocycles. The zero-order valence-electron chi connectivity index (χ0n) is 12.7. The summed E-state index contributed by atoms with van der Waals surface area (Å²) in [4.78, 5) is 0. The highest BCUT2D eigenvalue weighted by Crippen LogP contribution is 2.48. The average Bonchev–Trinajstić information content (AvgIpc) is 2.41. The van der Waals surface area contributed by atoms with Gasteiger partial charge < -0.3 is 4.74 Å². The van der Waals surface area contributed by atoms with Crippen LogP contribution >= 0.6 is 23.5 Å². The van der Waals surface area contributed by atoms with E-state index in [2.05, 4.69) is 58.0 Å². The molecule has 0 N–H and O–H groups in total. The Morgan fingerprint density at radius 2 is 1.63 bits per heavy atom. The molecule has 0 saturated carbocycles. The molecular weight excluding hydrogens is 272 g/mol. The lowest BCUT2D eigenvalue weighted by Crippen LogP contribution is -2.32. The van der Waals surface area contributed by atoms with Gasteiger partial charge in [0.25, 0.3) is 0 Å². The second-order valence-corrected chi connectivity index (χ2v) is 8.42. The largest absolute Gasteiger partial charge is 0.376 e. The van der Waals surface area contributed by atoms with Gasteiger partial charge in [-0.05, 0) is 24.0 Å². The lowest BCUT2D eigenvalue weighted by molar-refractivity contribution is 0.0551. The summed E-state index contributed by atoms with van der Waals surface area (Å²) in [7, 11) is 1.82. The quantitative estimate of drug-likeness (QED) is 0.608. The number of benzene rings is 1. The Labute approximate surface area is 126 Å². The minimum absolute atomic E-state index is 0.157. The van der Waals surface area contributed by atoms with Crippen molar-refractivity contribution in [1.29, 1.82) is 0 Å². The third kappa shape index (κ3) is 4.44. The molecule has 0 saturated heterocycles. The number of thioether (sulfide) groups is 2. The maximum absolute atomic E-state index is 5.81. The SMILES string of the molecule is CCSC(C)(SCC)[C@H](C)[C@H](OC)c1ccccc1. The van der Waals surface area contributed by atoms with E-state index in [1.165, 1.54) is 5.56 Å². The summed E-state index contributed by atoms with van der Waals surface area (Å²) >= 11 is 4.07. The number of hydrogen-bond donors (Lipinski definition) is 0. The van der Waals surface area contributed by atoms with Crippen molar-refractivity contribution in [2.24, 2.45) is 5.92 Å². The second kappa shape index (κ2) is 8.23. The van der Waals surface area contributed by atoms with Crippen LogP contribution in [0.4, 0.5) is 0 Å².